The van der Waals surface area contributed by atoms with Gasteiger partial charge in [0.15, 0.2) is 11.6 Å². The van der Waals surface area contributed by atoms with Gasteiger partial charge in [-0.15, -0.1) is 0 Å². The summed E-state index contributed by atoms with van der Waals surface area (Å²) in [6.45, 7) is 5.77. The average Bonchev–Trinajstić information content (AvgIpc) is 3.37. The lowest BCUT2D eigenvalue weighted by atomic mass is 10.0. The molecule has 0 spiro atoms. The summed E-state index contributed by atoms with van der Waals surface area (Å²) >= 11 is 6.06. The third-order valence-corrected chi connectivity index (χ3v) is 7.42. The van der Waals surface area contributed by atoms with E-state index >= 15 is 0 Å². The van der Waals surface area contributed by atoms with Crippen molar-refractivity contribution in [3.05, 3.63) is 64.7 Å². The summed E-state index contributed by atoms with van der Waals surface area (Å²) in [7, 11) is 1.59. The van der Waals surface area contributed by atoms with Gasteiger partial charge in [0.1, 0.15) is 24.5 Å². The van der Waals surface area contributed by atoms with E-state index in [1.807, 2.05) is 12.1 Å². The fraction of sp³-hybridized carbons (Fsp3) is 0.414. The van der Waals surface area contributed by atoms with Crippen molar-refractivity contribution >= 4 is 39.8 Å². The highest BCUT2D eigenvalue weighted by Gasteiger charge is 2.35. The normalized spacial score (nSPS) is 19.3. The van der Waals surface area contributed by atoms with Crippen molar-refractivity contribution in [2.24, 2.45) is 0 Å². The number of hydrogen-bond donors (Lipinski definition) is 1. The number of methoxy groups -OCH3 is 1. The molecule has 2 saturated heterocycles. The Hall–Kier alpha value is -3.15. The molecule has 0 bridgehead atoms. The summed E-state index contributed by atoms with van der Waals surface area (Å²) in [6, 6.07) is 6.76. The smallest absolute Gasteiger partial charge is 0.159 e. The Balaban J connectivity index is 1.35. The highest BCUT2D eigenvalue weighted by Crippen LogP contribution is 2.32. The van der Waals surface area contributed by atoms with Gasteiger partial charge in [0.25, 0.3) is 0 Å². The molecule has 3 heterocycles. The minimum Gasteiger partial charge on any atom is -0.491 e. The van der Waals surface area contributed by atoms with Crippen LogP contribution >= 0.6 is 11.6 Å². The van der Waals surface area contributed by atoms with E-state index < -0.39 is 5.82 Å². The number of allylic oxidation sites excluding steroid dienone is 1. The number of nitrogens with zero attached hydrogens (tertiary/aromatic N) is 3. The molecule has 212 valence electrons. The van der Waals surface area contributed by atoms with Gasteiger partial charge in [0, 0.05) is 60.8 Å². The first kappa shape index (κ1) is 28.4. The summed E-state index contributed by atoms with van der Waals surface area (Å²) in [6.07, 6.45) is 5.15. The second-order valence-electron chi connectivity index (χ2n) is 9.78. The summed E-state index contributed by atoms with van der Waals surface area (Å²) in [5.41, 5.74) is 1.82. The third-order valence-electron chi connectivity index (χ3n) is 7.01. The number of anilines is 2. The Morgan fingerprint density at radius 1 is 1.20 bits per heavy atom. The van der Waals surface area contributed by atoms with Crippen LogP contribution in [0.5, 0.6) is 5.75 Å². The maximum Gasteiger partial charge on any atom is 0.159 e. The lowest BCUT2D eigenvalue weighted by Crippen LogP contribution is -2.36. The van der Waals surface area contributed by atoms with E-state index in [1.165, 1.54) is 6.33 Å². The van der Waals surface area contributed by atoms with Crippen LogP contribution in [0.2, 0.25) is 5.02 Å². The zero-order chi connectivity index (χ0) is 28.1. The van der Waals surface area contributed by atoms with Crippen molar-refractivity contribution in [2.45, 2.75) is 25.6 Å². The SMILES string of the molecule is COCCOc1cc2ncnc(Nc3ccc(Cl)c(C)c3F)c2cc1CC(=O)/C=C/CN1C[C@@H]2OCCO[C@@H]2C1. The number of likely N-dealkylation sites (tertiary alicyclic amines) is 1. The molecule has 0 radical (unpaired) electrons. The monoisotopic (exact) mass is 570 g/mol. The Bertz CT molecular complexity index is 1390. The lowest BCUT2D eigenvalue weighted by molar-refractivity contribution is -0.116. The molecule has 5 rings (SSSR count). The van der Waals surface area contributed by atoms with Gasteiger partial charge in [-0.25, -0.2) is 14.4 Å². The molecule has 1 N–H and O–H groups in total. The minimum absolute atomic E-state index is 0.0780. The molecule has 2 aliphatic rings. The summed E-state index contributed by atoms with van der Waals surface area (Å²) in [4.78, 5) is 23.9. The Morgan fingerprint density at radius 2 is 1.98 bits per heavy atom. The quantitative estimate of drug-likeness (QED) is 0.268. The van der Waals surface area contributed by atoms with Crippen molar-refractivity contribution in [1.29, 1.82) is 0 Å². The standard InChI is InChI=1S/C29H32ClFN4O5/c1-18-22(30)5-6-23(28(18)31)34-29-21-13-19(25(38-9-8-37-2)14-24(21)32-17-33-29)12-20(36)4-3-7-35-15-26-27(16-35)40-11-10-39-26/h3-6,13-14,17,26-27H,7-12,15-16H2,1-2H3,(H,32,33,34)/b4-3+/t26-,27+. The van der Waals surface area contributed by atoms with Crippen LogP contribution in [0.15, 0.2) is 42.7 Å². The van der Waals surface area contributed by atoms with Crippen LogP contribution in [0.4, 0.5) is 15.9 Å². The van der Waals surface area contributed by atoms with Crippen LogP contribution in [0.1, 0.15) is 11.1 Å². The first-order valence-electron chi connectivity index (χ1n) is 13.2. The van der Waals surface area contributed by atoms with Crippen LogP contribution in [-0.2, 0) is 25.4 Å². The van der Waals surface area contributed by atoms with Gasteiger partial charge in [-0.3, -0.25) is 9.69 Å². The van der Waals surface area contributed by atoms with E-state index in [2.05, 4.69) is 20.2 Å². The molecule has 0 aliphatic carbocycles. The second-order valence-corrected chi connectivity index (χ2v) is 10.2. The molecule has 0 amide bonds. The molecule has 1 aromatic heterocycles. The molecular formula is C29H32ClFN4O5. The predicted octanol–water partition coefficient (Wildman–Crippen LogP) is 4.27. The number of nitrogens with one attached hydrogen (secondary N) is 1. The van der Waals surface area contributed by atoms with Crippen molar-refractivity contribution in [1.82, 2.24) is 14.9 Å². The molecule has 2 atom stereocenters. The molecule has 2 aromatic carbocycles. The molecule has 40 heavy (non-hydrogen) atoms. The van der Waals surface area contributed by atoms with E-state index in [4.69, 9.17) is 30.5 Å². The summed E-state index contributed by atoms with van der Waals surface area (Å²) in [5, 5.41) is 4.02. The predicted molar refractivity (Wildman–Crippen MR) is 150 cm³/mol. The van der Waals surface area contributed by atoms with Gasteiger partial charge in [-0.2, -0.15) is 0 Å². The van der Waals surface area contributed by atoms with Crippen LogP contribution in [0.25, 0.3) is 10.9 Å². The van der Waals surface area contributed by atoms with Crippen LogP contribution < -0.4 is 10.1 Å². The van der Waals surface area contributed by atoms with Crippen LogP contribution in [-0.4, -0.2) is 86.0 Å². The van der Waals surface area contributed by atoms with E-state index in [0.29, 0.717) is 71.6 Å². The molecule has 0 saturated carbocycles. The maximum absolute atomic E-state index is 14.9. The van der Waals surface area contributed by atoms with Crippen molar-refractivity contribution < 1.29 is 28.1 Å². The molecule has 11 heteroatoms. The summed E-state index contributed by atoms with van der Waals surface area (Å²) in [5.74, 6) is 0.390. The molecular weight excluding hydrogens is 539 g/mol. The number of hydrogen-bond acceptors (Lipinski definition) is 9. The number of benzene rings is 2. The third kappa shape index (κ3) is 6.59. The summed E-state index contributed by atoms with van der Waals surface area (Å²) < 4.78 is 37.5. The number of ether oxygens (including phenoxy) is 4. The van der Waals surface area contributed by atoms with Gasteiger partial charge in [0.05, 0.1) is 43.2 Å². The first-order valence-corrected chi connectivity index (χ1v) is 13.6. The molecule has 0 unspecified atom stereocenters. The molecule has 2 aliphatic heterocycles. The Labute approximate surface area is 237 Å². The van der Waals surface area contributed by atoms with Gasteiger partial charge in [0.2, 0.25) is 0 Å². The number of ketones is 1. The zero-order valence-electron chi connectivity index (χ0n) is 22.5. The molecule has 2 fully saturated rings. The van der Waals surface area contributed by atoms with E-state index in [9.17, 15) is 9.18 Å². The lowest BCUT2D eigenvalue weighted by Gasteiger charge is -2.24. The number of halogens is 2. The van der Waals surface area contributed by atoms with Crippen LogP contribution in [0, 0.1) is 12.7 Å². The molecule has 9 nitrogen and oxygen atoms in total. The van der Waals surface area contributed by atoms with Gasteiger partial charge in [-0.1, -0.05) is 17.7 Å². The maximum atomic E-state index is 14.9. The fourth-order valence-electron chi connectivity index (χ4n) is 4.89. The van der Waals surface area contributed by atoms with Crippen molar-refractivity contribution in [3.8, 4) is 5.75 Å². The average molecular weight is 571 g/mol. The number of rotatable bonds is 11. The van der Waals surface area contributed by atoms with Crippen LogP contribution in [0.3, 0.4) is 0 Å². The van der Waals surface area contributed by atoms with E-state index in [-0.39, 0.29) is 30.1 Å². The largest absolute Gasteiger partial charge is 0.491 e. The van der Waals surface area contributed by atoms with Gasteiger partial charge < -0.3 is 24.3 Å². The first-order chi connectivity index (χ1) is 19.4. The zero-order valence-corrected chi connectivity index (χ0v) is 23.2. The fourth-order valence-corrected chi connectivity index (χ4v) is 5.03. The highest BCUT2D eigenvalue weighted by molar-refractivity contribution is 6.31. The number of carbonyl (C=O) groups excluding carboxylic acids is 1. The second kappa shape index (κ2) is 13.0. The topological polar surface area (TPSA) is 95.0 Å². The molecule has 3 aromatic rings. The Kier molecular flexibility index (Phi) is 9.23. The Morgan fingerprint density at radius 3 is 2.73 bits per heavy atom. The highest BCUT2D eigenvalue weighted by atomic mass is 35.5. The number of carbonyl (C=O) groups is 1. The van der Waals surface area contributed by atoms with Gasteiger partial charge >= 0.3 is 0 Å². The van der Waals surface area contributed by atoms with E-state index in [1.54, 1.807) is 38.3 Å². The van der Waals surface area contributed by atoms with E-state index in [0.717, 1.165) is 13.1 Å². The van der Waals surface area contributed by atoms with Gasteiger partial charge in [-0.05, 0) is 31.2 Å². The minimum atomic E-state index is -0.463. The van der Waals surface area contributed by atoms with Crippen molar-refractivity contribution in [2.75, 3.05) is 58.5 Å². The number of fused-ring (bicyclic) bond motifs is 2. The van der Waals surface area contributed by atoms with Crippen molar-refractivity contribution in [3.63, 3.8) is 0 Å². The number of aromatic nitrogens is 2.